The minimum Gasteiger partial charge on any atom is -0.469 e. The molecule has 6 nitrogen and oxygen atoms in total. The molecule has 0 aliphatic rings. The minimum atomic E-state index is -0.427. The maximum atomic E-state index is 11.1. The first-order valence-electron chi connectivity index (χ1n) is 6.20. The van der Waals surface area contributed by atoms with Crippen LogP contribution >= 0.6 is 15.9 Å². The lowest BCUT2D eigenvalue weighted by Gasteiger charge is -2.20. The third-order valence-corrected chi connectivity index (χ3v) is 3.69. The molecule has 0 bridgehead atoms. The van der Waals surface area contributed by atoms with Crippen molar-refractivity contribution in [1.29, 1.82) is 0 Å². The number of nitro benzene ring substituents is 1. The normalized spacial score (nSPS) is 10.6. The molecule has 0 atom stereocenters. The molecule has 1 aromatic rings. The summed E-state index contributed by atoms with van der Waals surface area (Å²) in [6, 6.07) is 4.70. The molecule has 0 saturated heterocycles. The lowest BCUT2D eigenvalue weighted by molar-refractivity contribution is -0.384. The van der Waals surface area contributed by atoms with Crippen LogP contribution in [0, 0.1) is 10.1 Å². The maximum Gasteiger partial charge on any atom is 0.306 e. The molecule has 20 heavy (non-hydrogen) atoms. The predicted molar refractivity (Wildman–Crippen MR) is 78.4 cm³/mol. The second-order valence-electron chi connectivity index (χ2n) is 4.23. The largest absolute Gasteiger partial charge is 0.469 e. The summed E-state index contributed by atoms with van der Waals surface area (Å²) in [5, 5.41) is 10.7. The average molecular weight is 345 g/mol. The molecule has 110 valence electrons. The number of nitrogens with zero attached hydrogens (tertiary/aromatic N) is 2. The van der Waals surface area contributed by atoms with E-state index in [1.807, 2.05) is 6.92 Å². The Labute approximate surface area is 126 Å². The second kappa shape index (κ2) is 7.96. The number of halogens is 1. The summed E-state index contributed by atoms with van der Waals surface area (Å²) in [5.41, 5.74) is 1.00. The van der Waals surface area contributed by atoms with Crippen LogP contribution < -0.4 is 0 Å². The van der Waals surface area contributed by atoms with Crippen molar-refractivity contribution in [2.75, 3.05) is 20.2 Å². The molecule has 1 rings (SSSR count). The van der Waals surface area contributed by atoms with Crippen molar-refractivity contribution in [3.63, 3.8) is 0 Å². The lowest BCUT2D eigenvalue weighted by atomic mass is 10.2. The molecule has 0 aliphatic carbocycles. The second-order valence-corrected chi connectivity index (χ2v) is 5.08. The summed E-state index contributed by atoms with van der Waals surface area (Å²) >= 11 is 3.34. The van der Waals surface area contributed by atoms with Gasteiger partial charge in [-0.15, -0.1) is 0 Å². The van der Waals surface area contributed by atoms with Gasteiger partial charge in [0.25, 0.3) is 5.69 Å². The highest BCUT2D eigenvalue weighted by Gasteiger charge is 2.12. The van der Waals surface area contributed by atoms with Gasteiger partial charge < -0.3 is 4.74 Å². The predicted octanol–water partition coefficient (Wildman–Crippen LogP) is 2.74. The molecule has 0 aromatic heterocycles. The third-order valence-electron chi connectivity index (χ3n) is 2.95. The first kappa shape index (κ1) is 16.6. The Bertz CT molecular complexity index is 493. The molecule has 0 N–H and O–H groups in total. The van der Waals surface area contributed by atoms with Crippen LogP contribution in [-0.4, -0.2) is 36.0 Å². The van der Waals surface area contributed by atoms with Crippen molar-refractivity contribution < 1.29 is 14.5 Å². The zero-order valence-corrected chi connectivity index (χ0v) is 13.1. The molecule has 0 aliphatic heterocycles. The number of rotatable bonds is 7. The smallest absolute Gasteiger partial charge is 0.306 e. The summed E-state index contributed by atoms with van der Waals surface area (Å²) in [7, 11) is 1.37. The Hall–Kier alpha value is -1.47. The number of esters is 1. The number of hydrogen-bond acceptors (Lipinski definition) is 5. The number of non-ortho nitro benzene ring substituents is 1. The fraction of sp³-hybridized carbons (Fsp3) is 0.462. The van der Waals surface area contributed by atoms with E-state index in [1.165, 1.54) is 19.2 Å². The molecule has 0 heterocycles. The van der Waals surface area contributed by atoms with E-state index in [-0.39, 0.29) is 11.7 Å². The van der Waals surface area contributed by atoms with E-state index in [9.17, 15) is 14.9 Å². The topological polar surface area (TPSA) is 72.7 Å². The highest BCUT2D eigenvalue weighted by Crippen LogP contribution is 2.24. The van der Waals surface area contributed by atoms with Crippen molar-refractivity contribution in [3.8, 4) is 0 Å². The first-order valence-corrected chi connectivity index (χ1v) is 6.99. The SMILES string of the molecule is CCN(CCC(=O)OC)Cc1ccc([N+](=O)[O-])cc1Br. The van der Waals surface area contributed by atoms with E-state index in [4.69, 9.17) is 0 Å². The van der Waals surface area contributed by atoms with Crippen LogP contribution in [0.2, 0.25) is 0 Å². The number of carbonyl (C=O) groups excluding carboxylic acids is 1. The van der Waals surface area contributed by atoms with E-state index in [1.54, 1.807) is 6.07 Å². The highest BCUT2D eigenvalue weighted by atomic mass is 79.9. The van der Waals surface area contributed by atoms with Gasteiger partial charge in [-0.25, -0.2) is 0 Å². The van der Waals surface area contributed by atoms with E-state index in [0.717, 1.165) is 12.1 Å². The number of benzene rings is 1. The third kappa shape index (κ3) is 4.90. The van der Waals surface area contributed by atoms with Crippen LogP contribution in [0.25, 0.3) is 0 Å². The van der Waals surface area contributed by atoms with Crippen LogP contribution in [0.4, 0.5) is 5.69 Å². The van der Waals surface area contributed by atoms with Crippen molar-refractivity contribution >= 4 is 27.6 Å². The van der Waals surface area contributed by atoms with Crippen LogP contribution in [-0.2, 0) is 16.1 Å². The Morgan fingerprint density at radius 1 is 1.50 bits per heavy atom. The van der Waals surface area contributed by atoms with Crippen LogP contribution in [0.15, 0.2) is 22.7 Å². The van der Waals surface area contributed by atoms with Gasteiger partial charge in [0.05, 0.1) is 18.5 Å². The van der Waals surface area contributed by atoms with Crippen molar-refractivity contribution in [1.82, 2.24) is 4.90 Å². The van der Waals surface area contributed by atoms with E-state index >= 15 is 0 Å². The maximum absolute atomic E-state index is 11.1. The van der Waals surface area contributed by atoms with Crippen LogP contribution in [0.5, 0.6) is 0 Å². The van der Waals surface area contributed by atoms with Crippen molar-refractivity contribution in [2.45, 2.75) is 19.9 Å². The molecular formula is C13H17BrN2O4. The highest BCUT2D eigenvalue weighted by molar-refractivity contribution is 9.10. The van der Waals surface area contributed by atoms with E-state index in [0.29, 0.717) is 24.0 Å². The van der Waals surface area contributed by atoms with Gasteiger partial charge in [0, 0.05) is 29.7 Å². The molecule has 0 amide bonds. The quantitative estimate of drug-likeness (QED) is 0.432. The Balaban J connectivity index is 2.70. The summed E-state index contributed by atoms with van der Waals surface area (Å²) in [6.07, 6.45) is 0.328. The number of hydrogen-bond donors (Lipinski definition) is 0. The number of methoxy groups -OCH3 is 1. The standard InChI is InChI=1S/C13H17BrN2O4/c1-3-15(7-6-13(17)20-2)9-10-4-5-11(16(18)19)8-12(10)14/h4-5,8H,3,6-7,9H2,1-2H3. The zero-order chi connectivity index (χ0) is 15.1. The fourth-order valence-corrected chi connectivity index (χ4v) is 2.21. The number of carbonyl (C=O) groups is 1. The van der Waals surface area contributed by atoms with Gasteiger partial charge >= 0.3 is 5.97 Å². The molecule has 1 aromatic carbocycles. The molecule has 0 saturated carbocycles. The fourth-order valence-electron chi connectivity index (χ4n) is 1.72. The van der Waals surface area contributed by atoms with Gasteiger partial charge in [-0.05, 0) is 18.2 Å². The summed E-state index contributed by atoms with van der Waals surface area (Å²) in [5.74, 6) is -0.244. The van der Waals surface area contributed by atoms with Crippen LogP contribution in [0.3, 0.4) is 0 Å². The van der Waals surface area contributed by atoms with Gasteiger partial charge in [0.2, 0.25) is 0 Å². The monoisotopic (exact) mass is 344 g/mol. The molecule has 0 spiro atoms. The van der Waals surface area contributed by atoms with Crippen LogP contribution in [0.1, 0.15) is 18.9 Å². The van der Waals surface area contributed by atoms with Gasteiger partial charge in [0.1, 0.15) is 0 Å². The van der Waals surface area contributed by atoms with Crippen molar-refractivity contribution in [3.05, 3.63) is 38.3 Å². The van der Waals surface area contributed by atoms with E-state index < -0.39 is 4.92 Å². The van der Waals surface area contributed by atoms with E-state index in [2.05, 4.69) is 25.6 Å². The molecule has 7 heteroatoms. The number of nitro groups is 1. The van der Waals surface area contributed by atoms with Gasteiger partial charge in [0.15, 0.2) is 0 Å². The van der Waals surface area contributed by atoms with Gasteiger partial charge in [-0.3, -0.25) is 19.8 Å². The summed E-state index contributed by atoms with van der Waals surface area (Å²) < 4.78 is 5.31. The zero-order valence-electron chi connectivity index (χ0n) is 11.5. The molecule has 0 unspecified atom stereocenters. The molecular weight excluding hydrogens is 328 g/mol. The molecule has 0 radical (unpaired) electrons. The van der Waals surface area contributed by atoms with Gasteiger partial charge in [-0.1, -0.05) is 22.9 Å². The Morgan fingerprint density at radius 3 is 2.70 bits per heavy atom. The minimum absolute atomic E-state index is 0.0539. The molecule has 0 fully saturated rings. The first-order chi connectivity index (χ1) is 9.47. The Morgan fingerprint density at radius 2 is 2.20 bits per heavy atom. The number of ether oxygens (including phenoxy) is 1. The summed E-state index contributed by atoms with van der Waals surface area (Å²) in [6.45, 7) is 3.98. The lowest BCUT2D eigenvalue weighted by Crippen LogP contribution is -2.26. The Kier molecular flexibility index (Phi) is 6.60. The van der Waals surface area contributed by atoms with Crippen molar-refractivity contribution in [2.24, 2.45) is 0 Å². The van der Waals surface area contributed by atoms with Gasteiger partial charge in [-0.2, -0.15) is 0 Å². The summed E-state index contributed by atoms with van der Waals surface area (Å²) in [4.78, 5) is 23.5. The average Bonchev–Trinajstić information content (AvgIpc) is 2.44.